The highest BCUT2D eigenvalue weighted by Gasteiger charge is 2.20. The minimum absolute atomic E-state index is 0.0256. The van der Waals surface area contributed by atoms with E-state index in [2.05, 4.69) is 30.4 Å². The Kier molecular flexibility index (Phi) is 6.85. The first-order valence-electron chi connectivity index (χ1n) is 6.97. The number of thioether (sulfide) groups is 1. The lowest BCUT2D eigenvalue weighted by atomic mass is 10.1. The molecule has 0 bridgehead atoms. The smallest absolute Gasteiger partial charge is 0.257 e. The molecule has 1 unspecified atom stereocenters. The van der Waals surface area contributed by atoms with Crippen LogP contribution < -0.4 is 5.32 Å². The van der Waals surface area contributed by atoms with E-state index >= 15 is 0 Å². The molecular formula is C15H25N3OS. The molecule has 0 saturated carbocycles. The lowest BCUT2D eigenvalue weighted by Gasteiger charge is -2.25. The number of anilines is 1. The minimum atomic E-state index is 0.0256. The molecule has 0 aliphatic rings. The number of aromatic nitrogens is 1. The van der Waals surface area contributed by atoms with Crippen molar-refractivity contribution in [1.82, 2.24) is 9.88 Å². The van der Waals surface area contributed by atoms with Crippen LogP contribution >= 0.6 is 11.8 Å². The molecule has 1 aromatic rings. The summed E-state index contributed by atoms with van der Waals surface area (Å²) < 4.78 is 0. The largest absolute Gasteiger partial charge is 0.384 e. The fourth-order valence-electron chi connectivity index (χ4n) is 1.88. The third-order valence-electron chi connectivity index (χ3n) is 3.23. The highest BCUT2D eigenvalue weighted by atomic mass is 32.2. The first-order chi connectivity index (χ1) is 9.51. The fraction of sp³-hybridized carbons (Fsp3) is 0.600. The van der Waals surface area contributed by atoms with Gasteiger partial charge in [0.25, 0.3) is 5.91 Å². The molecule has 112 valence electrons. The molecular weight excluding hydrogens is 270 g/mol. The Morgan fingerprint density at radius 3 is 2.85 bits per heavy atom. The number of nitrogens with zero attached hydrogens (tertiary/aromatic N) is 2. The molecule has 4 nitrogen and oxygen atoms in total. The lowest BCUT2D eigenvalue weighted by molar-refractivity contribution is 0.0758. The van der Waals surface area contributed by atoms with E-state index in [1.54, 1.807) is 22.9 Å². The Hall–Kier alpha value is -1.23. The van der Waals surface area contributed by atoms with Crippen molar-refractivity contribution in [3.05, 3.63) is 23.5 Å². The first kappa shape index (κ1) is 16.8. The number of rotatable bonds is 7. The van der Waals surface area contributed by atoms with Gasteiger partial charge in [0.2, 0.25) is 0 Å². The van der Waals surface area contributed by atoms with Gasteiger partial charge in [-0.15, -0.1) is 0 Å². The van der Waals surface area contributed by atoms with E-state index in [4.69, 9.17) is 0 Å². The van der Waals surface area contributed by atoms with Gasteiger partial charge in [-0.2, -0.15) is 11.8 Å². The van der Waals surface area contributed by atoms with Crippen molar-refractivity contribution in [2.24, 2.45) is 0 Å². The number of amides is 1. The zero-order valence-corrected chi connectivity index (χ0v) is 13.9. The fourth-order valence-corrected chi connectivity index (χ4v) is 2.59. The van der Waals surface area contributed by atoms with Crippen molar-refractivity contribution in [3.63, 3.8) is 0 Å². The van der Waals surface area contributed by atoms with Crippen molar-refractivity contribution in [2.45, 2.75) is 33.2 Å². The van der Waals surface area contributed by atoms with Gasteiger partial charge in [-0.05, 0) is 32.6 Å². The van der Waals surface area contributed by atoms with Crippen molar-refractivity contribution < 1.29 is 4.79 Å². The topological polar surface area (TPSA) is 45.2 Å². The molecule has 0 aliphatic carbocycles. The zero-order valence-electron chi connectivity index (χ0n) is 13.1. The van der Waals surface area contributed by atoms with E-state index in [1.807, 2.05) is 20.0 Å². The SMILES string of the molecule is CCCNc1cc(C)ncc1C(=O)N(C)C(C)CSC. The zero-order chi connectivity index (χ0) is 15.1. The normalized spacial score (nSPS) is 12.1. The summed E-state index contributed by atoms with van der Waals surface area (Å²) in [6.07, 6.45) is 4.75. The summed E-state index contributed by atoms with van der Waals surface area (Å²) in [5.74, 6) is 0.955. The molecule has 1 aromatic heterocycles. The Morgan fingerprint density at radius 2 is 2.25 bits per heavy atom. The number of hydrogen-bond acceptors (Lipinski definition) is 4. The summed E-state index contributed by atoms with van der Waals surface area (Å²) in [5.41, 5.74) is 2.45. The number of carbonyl (C=O) groups excluding carboxylic acids is 1. The number of nitrogens with one attached hydrogen (secondary N) is 1. The van der Waals surface area contributed by atoms with E-state index in [0.717, 1.165) is 30.1 Å². The van der Waals surface area contributed by atoms with Crippen molar-refractivity contribution in [3.8, 4) is 0 Å². The molecule has 1 amide bonds. The van der Waals surface area contributed by atoms with Crippen LogP contribution in [0.2, 0.25) is 0 Å². The van der Waals surface area contributed by atoms with E-state index in [1.165, 1.54) is 0 Å². The van der Waals surface area contributed by atoms with Crippen LogP contribution in [-0.4, -0.2) is 47.4 Å². The van der Waals surface area contributed by atoms with E-state index in [0.29, 0.717) is 5.56 Å². The summed E-state index contributed by atoms with van der Waals surface area (Å²) in [6.45, 7) is 6.96. The molecule has 0 spiro atoms. The summed E-state index contributed by atoms with van der Waals surface area (Å²) in [6, 6.07) is 2.15. The molecule has 1 rings (SSSR count). The Balaban J connectivity index is 2.96. The molecule has 0 aliphatic heterocycles. The van der Waals surface area contributed by atoms with Gasteiger partial charge in [0.1, 0.15) is 0 Å². The van der Waals surface area contributed by atoms with Gasteiger partial charge < -0.3 is 10.2 Å². The van der Waals surface area contributed by atoms with Gasteiger partial charge in [0, 0.05) is 37.3 Å². The van der Waals surface area contributed by atoms with Crippen LogP contribution in [0.3, 0.4) is 0 Å². The maximum Gasteiger partial charge on any atom is 0.257 e. The third kappa shape index (κ3) is 4.40. The minimum Gasteiger partial charge on any atom is -0.384 e. The predicted molar refractivity (Wildman–Crippen MR) is 87.7 cm³/mol. The average Bonchev–Trinajstić information content (AvgIpc) is 2.44. The Morgan fingerprint density at radius 1 is 1.55 bits per heavy atom. The Labute approximate surface area is 126 Å². The molecule has 5 heteroatoms. The van der Waals surface area contributed by atoms with Crippen LogP contribution in [0.1, 0.15) is 36.3 Å². The summed E-state index contributed by atoms with van der Waals surface area (Å²) >= 11 is 1.75. The summed E-state index contributed by atoms with van der Waals surface area (Å²) in [5, 5.41) is 3.32. The van der Waals surface area contributed by atoms with Crippen molar-refractivity contribution in [1.29, 1.82) is 0 Å². The number of hydrogen-bond donors (Lipinski definition) is 1. The quantitative estimate of drug-likeness (QED) is 0.840. The molecule has 0 aromatic carbocycles. The van der Waals surface area contributed by atoms with Gasteiger partial charge in [0.05, 0.1) is 11.3 Å². The molecule has 1 heterocycles. The molecule has 0 fully saturated rings. The summed E-state index contributed by atoms with van der Waals surface area (Å²) in [7, 11) is 1.85. The average molecular weight is 295 g/mol. The van der Waals surface area contributed by atoms with Gasteiger partial charge >= 0.3 is 0 Å². The van der Waals surface area contributed by atoms with E-state index in [9.17, 15) is 4.79 Å². The van der Waals surface area contributed by atoms with E-state index < -0.39 is 0 Å². The number of pyridine rings is 1. The van der Waals surface area contributed by atoms with Crippen molar-refractivity contribution >= 4 is 23.4 Å². The highest BCUT2D eigenvalue weighted by Crippen LogP contribution is 2.19. The van der Waals surface area contributed by atoms with Crippen LogP contribution in [-0.2, 0) is 0 Å². The standard InChI is InChI=1S/C15H25N3OS/c1-6-7-16-14-8-11(2)17-9-13(14)15(19)18(4)12(3)10-20-5/h8-9,12H,6-7,10H2,1-5H3,(H,16,17). The van der Waals surface area contributed by atoms with Crippen LogP contribution in [0.4, 0.5) is 5.69 Å². The van der Waals surface area contributed by atoms with Gasteiger partial charge in [0.15, 0.2) is 0 Å². The van der Waals surface area contributed by atoms with Crippen LogP contribution in [0, 0.1) is 6.92 Å². The van der Waals surface area contributed by atoms with Crippen LogP contribution in [0.25, 0.3) is 0 Å². The second kappa shape index (κ2) is 8.15. The van der Waals surface area contributed by atoms with Crippen LogP contribution in [0.15, 0.2) is 12.3 Å². The maximum absolute atomic E-state index is 12.6. The van der Waals surface area contributed by atoms with Gasteiger partial charge in [-0.1, -0.05) is 6.92 Å². The second-order valence-electron chi connectivity index (χ2n) is 5.02. The predicted octanol–water partition coefficient (Wildman–Crippen LogP) is 3.04. The molecule has 1 N–H and O–H groups in total. The maximum atomic E-state index is 12.6. The molecule has 0 saturated heterocycles. The van der Waals surface area contributed by atoms with Gasteiger partial charge in [-0.3, -0.25) is 9.78 Å². The van der Waals surface area contributed by atoms with E-state index in [-0.39, 0.29) is 11.9 Å². The monoisotopic (exact) mass is 295 g/mol. The first-order valence-corrected chi connectivity index (χ1v) is 8.37. The number of carbonyl (C=O) groups is 1. The molecule has 1 atom stereocenters. The Bertz CT molecular complexity index is 451. The highest BCUT2D eigenvalue weighted by molar-refractivity contribution is 7.98. The lowest BCUT2D eigenvalue weighted by Crippen LogP contribution is -2.37. The third-order valence-corrected chi connectivity index (χ3v) is 4.04. The summed E-state index contributed by atoms with van der Waals surface area (Å²) in [4.78, 5) is 18.6. The van der Waals surface area contributed by atoms with Gasteiger partial charge in [-0.25, -0.2) is 0 Å². The number of aryl methyl sites for hydroxylation is 1. The van der Waals surface area contributed by atoms with Crippen LogP contribution in [0.5, 0.6) is 0 Å². The second-order valence-corrected chi connectivity index (χ2v) is 5.93. The van der Waals surface area contributed by atoms with Crippen molar-refractivity contribution in [2.75, 3.05) is 30.9 Å². The molecule has 0 radical (unpaired) electrons. The molecule has 20 heavy (non-hydrogen) atoms.